The van der Waals surface area contributed by atoms with Gasteiger partial charge in [0, 0.05) is 36.8 Å². The number of hydrogen-bond acceptors (Lipinski definition) is 3. The number of rotatable bonds is 5. The molecular weight excluding hydrogens is 355 g/mol. The molecule has 0 aliphatic carbocycles. The van der Waals surface area contributed by atoms with Crippen molar-refractivity contribution in [3.63, 3.8) is 0 Å². The van der Waals surface area contributed by atoms with Crippen LogP contribution in [0, 0.1) is 5.82 Å². The minimum Gasteiger partial charge on any atom is -0.337 e. The summed E-state index contributed by atoms with van der Waals surface area (Å²) in [6.45, 7) is 2.31. The Hall–Kier alpha value is -2.99. The van der Waals surface area contributed by atoms with Gasteiger partial charge in [-0.3, -0.25) is 9.89 Å². The molecule has 0 radical (unpaired) electrons. The summed E-state index contributed by atoms with van der Waals surface area (Å²) in [6.07, 6.45) is 2.76. The van der Waals surface area contributed by atoms with Crippen LogP contribution in [0.2, 0.25) is 0 Å². The van der Waals surface area contributed by atoms with Crippen LogP contribution in [0.25, 0.3) is 11.3 Å². The molecule has 5 nitrogen and oxygen atoms in total. The Labute approximate surface area is 163 Å². The van der Waals surface area contributed by atoms with Crippen LogP contribution in [0.3, 0.4) is 0 Å². The van der Waals surface area contributed by atoms with Crippen LogP contribution in [0.4, 0.5) is 4.39 Å². The van der Waals surface area contributed by atoms with Gasteiger partial charge in [0.2, 0.25) is 0 Å². The standard InChI is InChI=1S/C22H23FN4O/c1-27(14-17-13-25-26-21(17)15-6-8-18(23)9-7-15)22(28)20-5-3-2-4-19(20)16-10-11-24-12-16/h2-9,13,16,24H,10-12,14H2,1H3,(H,25,26)/t16-/m1/s1. The molecule has 2 heterocycles. The molecule has 144 valence electrons. The monoisotopic (exact) mass is 378 g/mol. The Morgan fingerprint density at radius 3 is 2.75 bits per heavy atom. The molecule has 1 amide bonds. The number of carbonyl (C=O) groups excluding carboxylic acids is 1. The van der Waals surface area contributed by atoms with Gasteiger partial charge in [0.15, 0.2) is 0 Å². The van der Waals surface area contributed by atoms with Crippen LogP contribution in [-0.4, -0.2) is 41.1 Å². The largest absolute Gasteiger partial charge is 0.337 e. The summed E-state index contributed by atoms with van der Waals surface area (Å²) in [6, 6.07) is 14.1. The number of amides is 1. The van der Waals surface area contributed by atoms with Crippen LogP contribution in [-0.2, 0) is 6.54 Å². The summed E-state index contributed by atoms with van der Waals surface area (Å²) in [5.74, 6) is 0.0844. The predicted molar refractivity (Wildman–Crippen MR) is 106 cm³/mol. The van der Waals surface area contributed by atoms with Crippen molar-refractivity contribution in [3.8, 4) is 11.3 Å². The maximum absolute atomic E-state index is 13.2. The second-order valence-corrected chi connectivity index (χ2v) is 7.22. The van der Waals surface area contributed by atoms with Crippen LogP contribution in [0.1, 0.15) is 33.8 Å². The molecule has 6 heteroatoms. The minimum absolute atomic E-state index is 0.00578. The molecule has 2 aromatic carbocycles. The zero-order chi connectivity index (χ0) is 19.5. The van der Waals surface area contributed by atoms with Crippen molar-refractivity contribution in [2.45, 2.75) is 18.9 Å². The van der Waals surface area contributed by atoms with Gasteiger partial charge < -0.3 is 10.2 Å². The number of carbonyl (C=O) groups is 1. The van der Waals surface area contributed by atoms with E-state index in [1.807, 2.05) is 18.2 Å². The Morgan fingerprint density at radius 1 is 1.21 bits per heavy atom. The summed E-state index contributed by atoms with van der Waals surface area (Å²) in [5.41, 5.74) is 4.39. The fourth-order valence-corrected chi connectivity index (χ4v) is 3.80. The summed E-state index contributed by atoms with van der Waals surface area (Å²) >= 11 is 0. The molecule has 0 spiro atoms. The van der Waals surface area contributed by atoms with E-state index in [2.05, 4.69) is 21.6 Å². The first-order valence-electron chi connectivity index (χ1n) is 9.47. The third-order valence-corrected chi connectivity index (χ3v) is 5.30. The van der Waals surface area contributed by atoms with Crippen molar-refractivity contribution in [2.75, 3.05) is 20.1 Å². The lowest BCUT2D eigenvalue weighted by molar-refractivity contribution is 0.0784. The van der Waals surface area contributed by atoms with Gasteiger partial charge >= 0.3 is 0 Å². The molecule has 0 bridgehead atoms. The van der Waals surface area contributed by atoms with Crippen LogP contribution in [0.5, 0.6) is 0 Å². The average Bonchev–Trinajstić information content (AvgIpc) is 3.40. The predicted octanol–water partition coefficient (Wildman–Crippen LogP) is 3.56. The molecule has 1 fully saturated rings. The number of halogens is 1. The lowest BCUT2D eigenvalue weighted by atomic mass is 9.93. The Morgan fingerprint density at radius 2 is 2.00 bits per heavy atom. The molecular formula is C22H23FN4O. The topological polar surface area (TPSA) is 61.0 Å². The van der Waals surface area contributed by atoms with Crippen LogP contribution >= 0.6 is 0 Å². The molecule has 2 N–H and O–H groups in total. The van der Waals surface area contributed by atoms with E-state index >= 15 is 0 Å². The number of nitrogens with one attached hydrogen (secondary N) is 2. The Balaban J connectivity index is 1.55. The van der Waals surface area contributed by atoms with E-state index in [4.69, 9.17) is 0 Å². The summed E-state index contributed by atoms with van der Waals surface area (Å²) < 4.78 is 13.2. The van der Waals surface area contributed by atoms with Gasteiger partial charge in [0.25, 0.3) is 5.91 Å². The van der Waals surface area contributed by atoms with Crippen molar-refractivity contribution >= 4 is 5.91 Å². The minimum atomic E-state index is -0.282. The zero-order valence-corrected chi connectivity index (χ0v) is 15.8. The SMILES string of the molecule is CN(Cc1cn[nH]c1-c1ccc(F)cc1)C(=O)c1ccccc1[C@@H]1CCNC1. The normalized spacial score (nSPS) is 16.3. The van der Waals surface area contributed by atoms with Crippen molar-refractivity contribution < 1.29 is 9.18 Å². The molecule has 28 heavy (non-hydrogen) atoms. The highest BCUT2D eigenvalue weighted by molar-refractivity contribution is 5.95. The average molecular weight is 378 g/mol. The molecule has 0 saturated carbocycles. The molecule has 1 aromatic heterocycles. The van der Waals surface area contributed by atoms with Gasteiger partial charge in [-0.05, 0) is 54.8 Å². The first kappa shape index (κ1) is 18.4. The lowest BCUT2D eigenvalue weighted by Gasteiger charge is -2.21. The van der Waals surface area contributed by atoms with Crippen LogP contribution in [0.15, 0.2) is 54.7 Å². The molecule has 0 unspecified atom stereocenters. The number of aromatic amines is 1. The van der Waals surface area contributed by atoms with E-state index < -0.39 is 0 Å². The van der Waals surface area contributed by atoms with Crippen molar-refractivity contribution in [1.82, 2.24) is 20.4 Å². The molecule has 1 saturated heterocycles. The Kier molecular flexibility index (Phi) is 5.21. The summed E-state index contributed by atoms with van der Waals surface area (Å²) in [5, 5.41) is 10.5. The highest BCUT2D eigenvalue weighted by atomic mass is 19.1. The highest BCUT2D eigenvalue weighted by Gasteiger charge is 2.24. The maximum Gasteiger partial charge on any atom is 0.254 e. The molecule has 4 rings (SSSR count). The van der Waals surface area contributed by atoms with Gasteiger partial charge in [-0.15, -0.1) is 0 Å². The van der Waals surface area contributed by atoms with E-state index in [0.29, 0.717) is 12.5 Å². The zero-order valence-electron chi connectivity index (χ0n) is 15.8. The van der Waals surface area contributed by atoms with Crippen molar-refractivity contribution in [2.24, 2.45) is 0 Å². The molecule has 3 aromatic rings. The third-order valence-electron chi connectivity index (χ3n) is 5.30. The number of H-pyrrole nitrogens is 1. The second kappa shape index (κ2) is 7.94. The van der Waals surface area contributed by atoms with E-state index in [1.165, 1.54) is 12.1 Å². The van der Waals surface area contributed by atoms with Crippen LogP contribution < -0.4 is 5.32 Å². The second-order valence-electron chi connectivity index (χ2n) is 7.22. The van der Waals surface area contributed by atoms with E-state index in [0.717, 1.165) is 47.5 Å². The molecule has 1 atom stereocenters. The number of nitrogens with zero attached hydrogens (tertiary/aromatic N) is 2. The maximum atomic E-state index is 13.2. The van der Waals surface area contributed by atoms with Gasteiger partial charge in [-0.25, -0.2) is 4.39 Å². The Bertz CT molecular complexity index is 961. The van der Waals surface area contributed by atoms with Gasteiger partial charge in [-0.1, -0.05) is 18.2 Å². The summed E-state index contributed by atoms with van der Waals surface area (Å²) in [4.78, 5) is 14.9. The molecule has 1 aliphatic heterocycles. The first-order chi connectivity index (χ1) is 13.6. The van der Waals surface area contributed by atoms with Gasteiger partial charge in [-0.2, -0.15) is 5.10 Å². The smallest absolute Gasteiger partial charge is 0.254 e. The number of benzene rings is 2. The van der Waals surface area contributed by atoms with Gasteiger partial charge in [0.05, 0.1) is 11.9 Å². The van der Waals surface area contributed by atoms with Gasteiger partial charge in [0.1, 0.15) is 5.82 Å². The number of aromatic nitrogens is 2. The molecule has 1 aliphatic rings. The van der Waals surface area contributed by atoms with Crippen molar-refractivity contribution in [3.05, 3.63) is 77.2 Å². The highest BCUT2D eigenvalue weighted by Crippen LogP contribution is 2.27. The lowest BCUT2D eigenvalue weighted by Crippen LogP contribution is -2.27. The van der Waals surface area contributed by atoms with Crippen molar-refractivity contribution in [1.29, 1.82) is 0 Å². The van der Waals surface area contributed by atoms with E-state index in [-0.39, 0.29) is 11.7 Å². The third kappa shape index (κ3) is 3.68. The van der Waals surface area contributed by atoms with E-state index in [9.17, 15) is 9.18 Å². The quantitative estimate of drug-likeness (QED) is 0.714. The number of hydrogen-bond donors (Lipinski definition) is 2. The fourth-order valence-electron chi connectivity index (χ4n) is 3.80. The fraction of sp³-hybridized carbons (Fsp3) is 0.273. The summed E-state index contributed by atoms with van der Waals surface area (Å²) in [7, 11) is 1.80. The van der Waals surface area contributed by atoms with E-state index in [1.54, 1.807) is 30.3 Å². The first-order valence-corrected chi connectivity index (χ1v) is 9.47.